The summed E-state index contributed by atoms with van der Waals surface area (Å²) in [5.41, 5.74) is 1.02. The molecule has 0 aromatic rings. The Kier molecular flexibility index (Phi) is 5.22. The molecule has 0 radical (unpaired) electrons. The number of rotatable bonds is 1. The third-order valence-corrected chi connectivity index (χ3v) is 14.2. The molecule has 5 aliphatic carbocycles. The molecule has 2 N–H and O–H groups in total. The predicted molar refractivity (Wildman–Crippen MR) is 137 cm³/mol. The molecule has 0 spiro atoms. The van der Waals surface area contributed by atoms with Gasteiger partial charge < -0.3 is 10.2 Å². The summed E-state index contributed by atoms with van der Waals surface area (Å²) in [6.45, 7) is 19.3. The van der Waals surface area contributed by atoms with Crippen LogP contribution >= 0.6 is 0 Å². The summed E-state index contributed by atoms with van der Waals surface area (Å²) < 4.78 is 0. The van der Waals surface area contributed by atoms with Crippen LogP contribution in [0.5, 0.6) is 0 Å². The lowest BCUT2D eigenvalue weighted by Gasteiger charge is -2.73. The molecular formula is C31H50O3. The minimum atomic E-state index is -0.620. The zero-order chi connectivity index (χ0) is 25.1. The molecule has 3 heteroatoms. The van der Waals surface area contributed by atoms with Crippen molar-refractivity contribution in [3.8, 4) is 0 Å². The van der Waals surface area contributed by atoms with Gasteiger partial charge in [-0.3, -0.25) is 4.79 Å². The number of aliphatic hydroxyl groups excluding tert-OH is 1. The Morgan fingerprint density at radius 1 is 0.882 bits per heavy atom. The average Bonchev–Trinajstić information content (AvgIpc) is 2.75. The van der Waals surface area contributed by atoms with E-state index in [2.05, 4.69) is 61.5 Å². The van der Waals surface area contributed by atoms with Crippen LogP contribution in [0.25, 0.3) is 0 Å². The van der Waals surface area contributed by atoms with Crippen LogP contribution in [-0.4, -0.2) is 22.3 Å². The van der Waals surface area contributed by atoms with Crippen molar-refractivity contribution in [1.29, 1.82) is 0 Å². The fourth-order valence-electron chi connectivity index (χ4n) is 11.5. The minimum Gasteiger partial charge on any atom is -0.481 e. The largest absolute Gasteiger partial charge is 0.481 e. The van der Waals surface area contributed by atoms with E-state index in [0.29, 0.717) is 23.7 Å². The Hall–Kier alpha value is -0.830. The second-order valence-electron chi connectivity index (χ2n) is 15.0. The minimum absolute atomic E-state index is 0.0381. The van der Waals surface area contributed by atoms with E-state index in [1.165, 1.54) is 18.4 Å². The number of hydrogen-bond acceptors (Lipinski definition) is 2. The molecule has 0 aromatic carbocycles. The van der Waals surface area contributed by atoms with E-state index < -0.39 is 11.4 Å². The third-order valence-electron chi connectivity index (χ3n) is 14.2. The zero-order valence-electron chi connectivity index (χ0n) is 23.1. The van der Waals surface area contributed by atoms with Crippen molar-refractivity contribution in [3.63, 3.8) is 0 Å². The van der Waals surface area contributed by atoms with E-state index in [0.717, 1.165) is 44.9 Å². The van der Waals surface area contributed by atoms with Gasteiger partial charge >= 0.3 is 5.97 Å². The summed E-state index contributed by atoms with van der Waals surface area (Å²) in [7, 11) is 0. The maximum absolute atomic E-state index is 13.0. The van der Waals surface area contributed by atoms with Crippen molar-refractivity contribution < 1.29 is 15.0 Å². The fourth-order valence-corrected chi connectivity index (χ4v) is 11.5. The summed E-state index contributed by atoms with van der Waals surface area (Å²) in [4.78, 5) is 13.0. The average molecular weight is 471 g/mol. The maximum Gasteiger partial charge on any atom is 0.310 e. The molecule has 10 atom stereocenters. The van der Waals surface area contributed by atoms with Gasteiger partial charge in [0.2, 0.25) is 0 Å². The van der Waals surface area contributed by atoms with Crippen LogP contribution in [0.4, 0.5) is 0 Å². The summed E-state index contributed by atoms with van der Waals surface area (Å²) in [6.07, 6.45) is 11.5. The number of allylic oxidation sites excluding steroid dienone is 2. The number of carboxylic acid groups (broad SMARTS) is 1. The molecule has 0 aliphatic heterocycles. The third kappa shape index (κ3) is 2.57. The standard InChI is InChI=1S/C31H50O3/c1-19-11-16-31(25(33)34)18-17-29(7)23(30(31,8)20(19)2)10-9-22-27(5)14-13-24(32)26(3,4)21(27)12-15-28(22,29)6/h10,19-22,24,32H,9,11-18H2,1-8H3,(H,33,34)/t19-,20+,21+,22-,24+,27+,28-,29-,30?,31-/m1/s1. The molecule has 0 aromatic heterocycles. The highest BCUT2D eigenvalue weighted by Crippen LogP contribution is 2.78. The van der Waals surface area contributed by atoms with E-state index in [1.807, 2.05) is 0 Å². The van der Waals surface area contributed by atoms with Crippen LogP contribution in [0, 0.1) is 56.2 Å². The van der Waals surface area contributed by atoms with Gasteiger partial charge in [-0.1, -0.05) is 67.0 Å². The van der Waals surface area contributed by atoms with Gasteiger partial charge in [0, 0.05) is 5.41 Å². The van der Waals surface area contributed by atoms with E-state index >= 15 is 0 Å². The quantitative estimate of drug-likeness (QED) is 0.391. The number of aliphatic carboxylic acids is 1. The fraction of sp³-hybridized carbons (Fsp3) is 0.903. The summed E-state index contributed by atoms with van der Waals surface area (Å²) in [5, 5.41) is 21.6. The van der Waals surface area contributed by atoms with Crippen LogP contribution in [0.3, 0.4) is 0 Å². The predicted octanol–water partition coefficient (Wildman–Crippen LogP) is 7.48. The molecule has 4 saturated carbocycles. The number of hydrogen-bond donors (Lipinski definition) is 2. The summed E-state index contributed by atoms with van der Waals surface area (Å²) in [5.74, 6) is 1.52. The van der Waals surface area contributed by atoms with Gasteiger partial charge in [-0.2, -0.15) is 0 Å². The SMILES string of the molecule is C[C@@H]1CC[C@]2(C(=O)O)CC[C@]3(C)C(=CC[C@@H]4[C@@]5(C)CC[C@H](O)C(C)(C)[C@@H]5CC[C@]43C)C2(C)[C@H]1C. The number of aliphatic hydroxyl groups is 1. The van der Waals surface area contributed by atoms with Gasteiger partial charge in [-0.05, 0) is 103 Å². The van der Waals surface area contributed by atoms with Crippen molar-refractivity contribution >= 4 is 5.97 Å². The lowest BCUT2D eigenvalue weighted by molar-refractivity contribution is -0.215. The van der Waals surface area contributed by atoms with Crippen molar-refractivity contribution in [1.82, 2.24) is 0 Å². The Labute approximate surface area is 208 Å². The highest BCUT2D eigenvalue weighted by atomic mass is 16.4. The topological polar surface area (TPSA) is 57.5 Å². The summed E-state index contributed by atoms with van der Waals surface area (Å²) in [6, 6.07) is 0. The smallest absolute Gasteiger partial charge is 0.310 e. The molecule has 4 fully saturated rings. The van der Waals surface area contributed by atoms with E-state index in [4.69, 9.17) is 0 Å². The summed E-state index contributed by atoms with van der Waals surface area (Å²) >= 11 is 0. The van der Waals surface area contributed by atoms with Crippen LogP contribution in [0.15, 0.2) is 11.6 Å². The Bertz CT molecular complexity index is 920. The highest BCUT2D eigenvalue weighted by molar-refractivity contribution is 5.78. The van der Waals surface area contributed by atoms with E-state index in [9.17, 15) is 15.0 Å². The lowest BCUT2D eigenvalue weighted by atomic mass is 9.31. The molecule has 0 bridgehead atoms. The molecule has 0 heterocycles. The number of fused-ring (bicyclic) bond motifs is 7. The first-order chi connectivity index (χ1) is 15.6. The first-order valence-electron chi connectivity index (χ1n) is 14.3. The Morgan fingerprint density at radius 2 is 1.56 bits per heavy atom. The second-order valence-corrected chi connectivity index (χ2v) is 15.0. The Morgan fingerprint density at radius 3 is 2.21 bits per heavy atom. The van der Waals surface area contributed by atoms with Gasteiger partial charge in [-0.25, -0.2) is 0 Å². The maximum atomic E-state index is 13.0. The molecule has 1 unspecified atom stereocenters. The van der Waals surface area contributed by atoms with Crippen molar-refractivity contribution in [2.75, 3.05) is 0 Å². The molecule has 0 amide bonds. The Balaban J connectivity index is 1.66. The molecular weight excluding hydrogens is 420 g/mol. The molecule has 0 saturated heterocycles. The van der Waals surface area contributed by atoms with Crippen LogP contribution in [0.2, 0.25) is 0 Å². The molecule has 3 nitrogen and oxygen atoms in total. The van der Waals surface area contributed by atoms with Crippen molar-refractivity contribution in [2.24, 2.45) is 56.2 Å². The first-order valence-corrected chi connectivity index (χ1v) is 14.3. The molecule has 192 valence electrons. The van der Waals surface area contributed by atoms with Gasteiger partial charge in [-0.15, -0.1) is 0 Å². The molecule has 34 heavy (non-hydrogen) atoms. The van der Waals surface area contributed by atoms with Gasteiger partial charge in [0.05, 0.1) is 11.5 Å². The van der Waals surface area contributed by atoms with Crippen LogP contribution in [0.1, 0.15) is 113 Å². The van der Waals surface area contributed by atoms with E-state index in [1.54, 1.807) is 0 Å². The van der Waals surface area contributed by atoms with E-state index in [-0.39, 0.29) is 33.2 Å². The second kappa shape index (κ2) is 7.14. The number of carboxylic acids is 1. The van der Waals surface area contributed by atoms with Crippen molar-refractivity contribution in [3.05, 3.63) is 11.6 Å². The number of carbonyl (C=O) groups is 1. The van der Waals surface area contributed by atoms with Gasteiger partial charge in [0.1, 0.15) is 0 Å². The van der Waals surface area contributed by atoms with Crippen LogP contribution in [-0.2, 0) is 4.79 Å². The van der Waals surface area contributed by atoms with Gasteiger partial charge in [0.25, 0.3) is 0 Å². The normalized spacial score (nSPS) is 56.3. The molecule has 5 aliphatic rings. The van der Waals surface area contributed by atoms with Gasteiger partial charge in [0.15, 0.2) is 0 Å². The first kappa shape index (κ1) is 24.8. The monoisotopic (exact) mass is 470 g/mol. The van der Waals surface area contributed by atoms with Crippen LogP contribution < -0.4 is 0 Å². The zero-order valence-corrected chi connectivity index (χ0v) is 23.1. The highest BCUT2D eigenvalue weighted by Gasteiger charge is 2.72. The lowest BCUT2D eigenvalue weighted by Crippen LogP contribution is -2.67. The molecule has 5 rings (SSSR count). The van der Waals surface area contributed by atoms with Crippen molar-refractivity contribution in [2.45, 2.75) is 119 Å².